The Labute approximate surface area is 817 Å². The van der Waals surface area contributed by atoms with Crippen molar-refractivity contribution >= 4 is 213 Å². The quantitative estimate of drug-likeness (QED) is 0.127. The molecule has 0 fully saturated rings. The van der Waals surface area contributed by atoms with Crippen LogP contribution in [-0.2, 0) is 0 Å². The molecule has 19 aromatic carbocycles. The summed E-state index contributed by atoms with van der Waals surface area (Å²) in [6.07, 6.45) is 0. The molecule has 11 aromatic heterocycles. The van der Waals surface area contributed by atoms with E-state index in [4.69, 9.17) is 34.3 Å². The van der Waals surface area contributed by atoms with Crippen molar-refractivity contribution in [3.8, 4) is 108 Å². The van der Waals surface area contributed by atoms with E-state index in [0.717, 1.165) is 156 Å². The Hall–Kier alpha value is -17.5. The van der Waals surface area contributed by atoms with Gasteiger partial charge in [0, 0.05) is 175 Å². The van der Waals surface area contributed by atoms with Gasteiger partial charge in [0.2, 0.25) is 0 Å². The summed E-state index contributed by atoms with van der Waals surface area (Å²) in [5, 5.41) is 19.6. The van der Waals surface area contributed by atoms with E-state index < -0.39 is 0 Å². The molecule has 0 saturated heterocycles. The summed E-state index contributed by atoms with van der Waals surface area (Å²) in [7, 11) is 0. The summed E-state index contributed by atoms with van der Waals surface area (Å²) in [4.78, 5) is 31.4. The largest absolute Gasteiger partial charge is 0.455 e. The average molecular weight is 1860 g/mol. The van der Waals surface area contributed by atoms with Crippen LogP contribution in [0.2, 0.25) is 0 Å². The SMILES string of the molecule is c1ccc(-c2cccc(-c3nc(-c4ccc5c(c4)sc4ccccc45)cc(-n4c5ccccc5c5c6oc7ccccc7c6ccc54)n3)c2)cc1.c1ccc(-c2nc(-c3ccc4sc5ccccc5c4c3)cc(-c3cccc4c3c3ccccc3n4-c3ccccc3)n2)cc1.c1ccc(-c2nc(-c3ccc4sc5ccccc5c4c3)cc(-n3c4ccccc4c4c5sc6ccccc6c5ccc43)n2)cc1. The lowest BCUT2D eigenvalue weighted by atomic mass is 10.0. The Morgan fingerprint density at radius 1 is 0.186 bits per heavy atom. The molecule has 140 heavy (non-hydrogen) atoms. The molecule has 0 aliphatic rings. The molecule has 0 radical (unpaired) electrons. The van der Waals surface area contributed by atoms with Gasteiger partial charge in [-0.2, -0.15) is 0 Å². The molecule has 0 N–H and O–H groups in total. The molecule has 0 saturated carbocycles. The van der Waals surface area contributed by atoms with Crippen molar-refractivity contribution in [1.29, 1.82) is 0 Å². The van der Waals surface area contributed by atoms with Crippen molar-refractivity contribution < 1.29 is 4.42 Å². The van der Waals surface area contributed by atoms with E-state index in [2.05, 4.69) is 414 Å². The molecule has 0 unspecified atom stereocenters. The zero-order chi connectivity index (χ0) is 92.0. The van der Waals surface area contributed by atoms with Gasteiger partial charge in [0.05, 0.1) is 61.3 Å². The normalized spacial score (nSPS) is 11.9. The van der Waals surface area contributed by atoms with Crippen LogP contribution in [0.3, 0.4) is 0 Å². The Kier molecular flexibility index (Phi) is 19.2. The first kappa shape index (κ1) is 80.9. The molecule has 0 aliphatic carbocycles. The third-order valence-corrected chi connectivity index (χ3v) is 31.9. The van der Waals surface area contributed by atoms with E-state index in [0.29, 0.717) is 11.6 Å². The number of nitrogens with zero attached hydrogens (tertiary/aromatic N) is 9. The second kappa shape index (κ2) is 33.2. The Morgan fingerprint density at radius 3 is 1.16 bits per heavy atom. The van der Waals surface area contributed by atoms with Gasteiger partial charge in [-0.15, -0.1) is 45.3 Å². The number of benzene rings is 19. The van der Waals surface area contributed by atoms with Gasteiger partial charge in [-0.3, -0.25) is 9.13 Å². The second-order valence-corrected chi connectivity index (χ2v) is 39.7. The molecule has 14 heteroatoms. The van der Waals surface area contributed by atoms with Gasteiger partial charge in [-0.05, 0) is 139 Å². The Morgan fingerprint density at radius 2 is 0.564 bits per heavy atom. The van der Waals surface area contributed by atoms with Crippen LogP contribution in [-0.4, -0.2) is 43.6 Å². The van der Waals surface area contributed by atoms with Gasteiger partial charge in [0.15, 0.2) is 17.5 Å². The second-order valence-electron chi connectivity index (χ2n) is 35.4. The van der Waals surface area contributed by atoms with Crippen LogP contribution in [0.15, 0.2) is 459 Å². The zero-order valence-corrected chi connectivity index (χ0v) is 78.1. The predicted octanol–water partition coefficient (Wildman–Crippen LogP) is 35.4. The molecule has 0 amide bonds. The molecule has 0 aliphatic heterocycles. The number of furan rings is 1. The van der Waals surface area contributed by atoms with Gasteiger partial charge in [0.1, 0.15) is 22.8 Å². The number of rotatable bonds is 11. The van der Waals surface area contributed by atoms with Gasteiger partial charge < -0.3 is 8.98 Å². The highest BCUT2D eigenvalue weighted by atomic mass is 32.1. The van der Waals surface area contributed by atoms with Gasteiger partial charge in [-0.1, -0.05) is 315 Å². The minimum Gasteiger partial charge on any atom is -0.455 e. The summed E-state index contributed by atoms with van der Waals surface area (Å²) >= 11 is 7.36. The number of hydrogen-bond acceptors (Lipinski definition) is 11. The van der Waals surface area contributed by atoms with Crippen molar-refractivity contribution in [3.63, 3.8) is 0 Å². The lowest BCUT2D eigenvalue weighted by Gasteiger charge is -2.13. The zero-order valence-electron chi connectivity index (χ0n) is 74.9. The smallest absolute Gasteiger partial charge is 0.162 e. The van der Waals surface area contributed by atoms with E-state index in [-0.39, 0.29) is 0 Å². The highest BCUT2D eigenvalue weighted by molar-refractivity contribution is 7.27. The first-order valence-electron chi connectivity index (χ1n) is 46.8. The lowest BCUT2D eigenvalue weighted by molar-refractivity contribution is 0.673. The average Bonchev–Trinajstić information content (AvgIpc) is 1.55. The fraction of sp³-hybridized carbons (Fsp3) is 0. The standard InChI is InChI=1S/C46H27N3OS.C40H23N3S2.C40H25N3S/c1-2-11-28(12-3-1)29-13-10-14-31(25-29)46-47-37(30-21-22-34-33-16-6-9-20-41(33)51-42(34)26-30)27-43(48-46)49-38-18-7-4-17-36(38)44-39(49)24-23-35-32-15-5-8-19-40(32)50-45(35)44;1-2-10-24(11-3-1)40-41-31(25-18-21-36-30(22-25)27-13-6-8-16-34(27)44-36)23-37(42-40)43-32-15-7-4-14-29(32)38-33(43)20-19-28-26-12-5-9-17-35(26)45-39(28)38;1-3-12-26(13-4-1)40-41-33(27-22-23-38-32(24-27)29-16-8-10-21-37(29)44-38)25-34(42-40)30-18-11-20-36-39(30)31-17-7-9-19-35(31)43(36)28-14-5-2-6-15-28/h1-27H;1-23H;1-25H. The summed E-state index contributed by atoms with van der Waals surface area (Å²) in [5.74, 6) is 3.77. The van der Waals surface area contributed by atoms with Gasteiger partial charge in [0.25, 0.3) is 0 Å². The predicted molar refractivity (Wildman–Crippen MR) is 591 cm³/mol. The number of aromatic nitrogens is 9. The Balaban J connectivity index is 0.000000103. The summed E-state index contributed by atoms with van der Waals surface area (Å²) < 4.78 is 23.9. The first-order valence-corrected chi connectivity index (χ1v) is 50.1. The third-order valence-electron chi connectivity index (χ3n) is 27.3. The minimum atomic E-state index is 0.674. The maximum Gasteiger partial charge on any atom is 0.162 e. The maximum absolute atomic E-state index is 6.59. The van der Waals surface area contributed by atoms with Gasteiger partial charge in [-0.25, -0.2) is 29.9 Å². The van der Waals surface area contributed by atoms with Crippen LogP contribution >= 0.6 is 45.3 Å². The fourth-order valence-corrected chi connectivity index (χ4v) is 25.4. The van der Waals surface area contributed by atoms with Crippen LogP contribution in [0.25, 0.3) is 276 Å². The monoisotopic (exact) mass is 1860 g/mol. The van der Waals surface area contributed by atoms with Crippen LogP contribution in [0.5, 0.6) is 0 Å². The molecule has 0 bridgehead atoms. The topological polar surface area (TPSA) is 105 Å². The first-order chi connectivity index (χ1) is 69.4. The molecule has 30 aromatic rings. The van der Waals surface area contributed by atoms with Crippen molar-refractivity contribution in [2.75, 3.05) is 0 Å². The fourth-order valence-electron chi connectivity index (χ4n) is 20.9. The molecule has 0 atom stereocenters. The van der Waals surface area contributed by atoms with Crippen LogP contribution in [0, 0.1) is 0 Å². The summed E-state index contributed by atoms with van der Waals surface area (Å²) in [5.41, 5.74) is 22.8. The molecule has 11 heterocycles. The number of hydrogen-bond donors (Lipinski definition) is 0. The van der Waals surface area contributed by atoms with Gasteiger partial charge >= 0.3 is 0 Å². The van der Waals surface area contributed by atoms with Crippen molar-refractivity contribution in [1.82, 2.24) is 43.6 Å². The maximum atomic E-state index is 6.59. The van der Waals surface area contributed by atoms with E-state index in [9.17, 15) is 0 Å². The van der Waals surface area contributed by atoms with E-state index in [1.165, 1.54) is 108 Å². The Bertz CT molecular complexity index is 10300. The van der Waals surface area contributed by atoms with E-state index in [1.807, 2.05) is 99.9 Å². The molecular weight excluding hydrogens is 1780 g/mol. The van der Waals surface area contributed by atoms with E-state index in [1.54, 1.807) is 0 Å². The number of para-hydroxylation sites is 5. The molecular formula is C126H75N9OS4. The number of fused-ring (bicyclic) bond motifs is 26. The van der Waals surface area contributed by atoms with Crippen LogP contribution < -0.4 is 0 Å². The summed E-state index contributed by atoms with van der Waals surface area (Å²) in [6, 6.07) is 161. The van der Waals surface area contributed by atoms with Crippen molar-refractivity contribution in [3.05, 3.63) is 455 Å². The lowest BCUT2D eigenvalue weighted by Crippen LogP contribution is -2.02. The van der Waals surface area contributed by atoms with Crippen molar-refractivity contribution in [2.24, 2.45) is 0 Å². The van der Waals surface area contributed by atoms with Crippen LogP contribution in [0.1, 0.15) is 0 Å². The number of thiophene rings is 4. The summed E-state index contributed by atoms with van der Waals surface area (Å²) in [6.45, 7) is 0. The highest BCUT2D eigenvalue weighted by Gasteiger charge is 2.27. The molecule has 0 spiro atoms. The van der Waals surface area contributed by atoms with Crippen molar-refractivity contribution in [2.45, 2.75) is 0 Å². The third kappa shape index (κ3) is 13.6. The molecule has 30 rings (SSSR count). The molecule has 10 nitrogen and oxygen atoms in total. The molecule has 654 valence electrons. The van der Waals surface area contributed by atoms with E-state index >= 15 is 0 Å². The van der Waals surface area contributed by atoms with Crippen LogP contribution in [0.4, 0.5) is 0 Å². The highest BCUT2D eigenvalue weighted by Crippen LogP contribution is 2.49. The minimum absolute atomic E-state index is 0.674.